The molecular weight excluding hydrogens is 350 g/mol. The summed E-state index contributed by atoms with van der Waals surface area (Å²) in [6.07, 6.45) is 0. The predicted octanol–water partition coefficient (Wildman–Crippen LogP) is 1.32. The van der Waals surface area contributed by atoms with E-state index in [4.69, 9.17) is 14.2 Å². The van der Waals surface area contributed by atoms with Gasteiger partial charge in [-0.1, -0.05) is 6.07 Å². The molecule has 1 aromatic carbocycles. The van der Waals surface area contributed by atoms with Crippen LogP contribution in [0.1, 0.15) is 23.0 Å². The highest BCUT2D eigenvalue weighted by Gasteiger charge is 2.19. The lowest BCUT2D eigenvalue weighted by Gasteiger charge is -2.23. The molecule has 2 heterocycles. The lowest BCUT2D eigenvalue weighted by molar-refractivity contribution is 0.0742. The molecule has 0 fully saturated rings. The van der Waals surface area contributed by atoms with Gasteiger partial charge in [0.05, 0.1) is 13.2 Å². The smallest absolute Gasteiger partial charge is 0.274 e. The lowest BCUT2D eigenvalue weighted by Crippen LogP contribution is -2.34. The van der Waals surface area contributed by atoms with Crippen LogP contribution in [-0.4, -0.2) is 54.1 Å². The Morgan fingerprint density at radius 1 is 1.22 bits per heavy atom. The fourth-order valence-corrected chi connectivity index (χ4v) is 2.80. The van der Waals surface area contributed by atoms with Gasteiger partial charge in [-0.2, -0.15) is 5.10 Å². The maximum atomic E-state index is 12.9. The second-order valence-corrected chi connectivity index (χ2v) is 6.07. The van der Waals surface area contributed by atoms with E-state index in [9.17, 15) is 9.59 Å². The average Bonchev–Trinajstić information content (AvgIpc) is 2.70. The monoisotopic (exact) mass is 373 g/mol. The van der Waals surface area contributed by atoms with Crippen LogP contribution in [-0.2, 0) is 17.8 Å². The highest BCUT2D eigenvalue weighted by Crippen LogP contribution is 2.31. The highest BCUT2D eigenvalue weighted by molar-refractivity contribution is 5.92. The van der Waals surface area contributed by atoms with E-state index in [0.717, 1.165) is 5.56 Å². The molecule has 8 nitrogen and oxygen atoms in total. The van der Waals surface area contributed by atoms with Crippen molar-refractivity contribution in [1.29, 1.82) is 0 Å². The molecule has 144 valence electrons. The molecule has 27 heavy (non-hydrogen) atoms. The zero-order chi connectivity index (χ0) is 19.2. The van der Waals surface area contributed by atoms with Gasteiger partial charge in [-0.05, 0) is 30.7 Å². The summed E-state index contributed by atoms with van der Waals surface area (Å²) in [7, 11) is 1.55. The Morgan fingerprint density at radius 3 is 2.74 bits per heavy atom. The maximum absolute atomic E-state index is 12.9. The number of ether oxygens (including phenoxy) is 3. The molecule has 0 saturated carbocycles. The molecule has 0 saturated heterocycles. The van der Waals surface area contributed by atoms with Crippen LogP contribution in [0.2, 0.25) is 0 Å². The fourth-order valence-electron chi connectivity index (χ4n) is 2.80. The molecule has 3 rings (SSSR count). The Hall–Kier alpha value is -2.87. The summed E-state index contributed by atoms with van der Waals surface area (Å²) in [5.41, 5.74) is 0.894. The van der Waals surface area contributed by atoms with Crippen molar-refractivity contribution in [2.75, 3.05) is 33.5 Å². The summed E-state index contributed by atoms with van der Waals surface area (Å²) in [5, 5.41) is 4.18. The second-order valence-electron chi connectivity index (χ2n) is 6.07. The highest BCUT2D eigenvalue weighted by atomic mass is 16.6. The van der Waals surface area contributed by atoms with Crippen molar-refractivity contribution in [3.05, 3.63) is 51.9 Å². The molecule has 1 aliphatic heterocycles. The Labute approximate surface area is 157 Å². The molecule has 0 unspecified atom stereocenters. The molecule has 0 radical (unpaired) electrons. The number of hydrogen-bond acceptors (Lipinski definition) is 6. The van der Waals surface area contributed by atoms with Gasteiger partial charge in [0.15, 0.2) is 11.5 Å². The molecule has 1 aliphatic rings. The van der Waals surface area contributed by atoms with E-state index in [1.54, 1.807) is 12.0 Å². The van der Waals surface area contributed by atoms with Crippen molar-refractivity contribution in [3.63, 3.8) is 0 Å². The summed E-state index contributed by atoms with van der Waals surface area (Å²) in [5.74, 6) is 1.17. The van der Waals surface area contributed by atoms with Crippen LogP contribution in [0.4, 0.5) is 0 Å². The number of aromatic nitrogens is 2. The van der Waals surface area contributed by atoms with Crippen LogP contribution in [0.5, 0.6) is 11.5 Å². The molecule has 2 aromatic rings. The van der Waals surface area contributed by atoms with Gasteiger partial charge in [-0.25, -0.2) is 4.68 Å². The molecule has 0 aliphatic carbocycles. The molecule has 0 N–H and O–H groups in total. The van der Waals surface area contributed by atoms with Crippen LogP contribution in [0.15, 0.2) is 35.1 Å². The number of rotatable bonds is 7. The van der Waals surface area contributed by atoms with E-state index in [1.165, 1.54) is 16.8 Å². The van der Waals surface area contributed by atoms with Crippen LogP contribution in [0, 0.1) is 0 Å². The molecule has 0 spiro atoms. The predicted molar refractivity (Wildman–Crippen MR) is 98.2 cm³/mol. The number of nitrogens with zero attached hydrogens (tertiary/aromatic N) is 3. The van der Waals surface area contributed by atoms with Gasteiger partial charge in [0, 0.05) is 26.3 Å². The second kappa shape index (κ2) is 8.68. The van der Waals surface area contributed by atoms with Gasteiger partial charge in [0.25, 0.3) is 11.5 Å². The van der Waals surface area contributed by atoms with Gasteiger partial charge >= 0.3 is 0 Å². The number of hydrogen-bond donors (Lipinski definition) is 0. The summed E-state index contributed by atoms with van der Waals surface area (Å²) in [6, 6.07) is 8.47. The van der Waals surface area contributed by atoms with Gasteiger partial charge in [0.1, 0.15) is 18.9 Å². The van der Waals surface area contributed by atoms with Crippen molar-refractivity contribution in [3.8, 4) is 11.5 Å². The van der Waals surface area contributed by atoms with Crippen LogP contribution in [0.25, 0.3) is 0 Å². The van der Waals surface area contributed by atoms with E-state index in [-0.39, 0.29) is 17.2 Å². The van der Waals surface area contributed by atoms with E-state index in [1.807, 2.05) is 25.1 Å². The minimum absolute atomic E-state index is 0.227. The first-order valence-corrected chi connectivity index (χ1v) is 8.87. The minimum Gasteiger partial charge on any atom is -0.486 e. The summed E-state index contributed by atoms with van der Waals surface area (Å²) in [4.78, 5) is 26.4. The standard InChI is InChI=1S/C19H23N3O5/c1-3-21(13-14-4-6-16-17(12-14)27-11-10-26-16)19(24)15-5-7-18(23)22(20-15)8-9-25-2/h4-7,12H,3,8-11,13H2,1-2H3. The number of fused-ring (bicyclic) bond motifs is 1. The third-order valence-electron chi connectivity index (χ3n) is 4.24. The zero-order valence-corrected chi connectivity index (χ0v) is 15.5. The van der Waals surface area contributed by atoms with Crippen molar-refractivity contribution in [2.45, 2.75) is 20.0 Å². The normalized spacial score (nSPS) is 12.7. The third kappa shape index (κ3) is 4.46. The largest absolute Gasteiger partial charge is 0.486 e. The van der Waals surface area contributed by atoms with E-state index >= 15 is 0 Å². The minimum atomic E-state index is -0.265. The van der Waals surface area contributed by atoms with Gasteiger partial charge in [-0.3, -0.25) is 9.59 Å². The average molecular weight is 373 g/mol. The van der Waals surface area contributed by atoms with Crippen molar-refractivity contribution in [2.24, 2.45) is 0 Å². The Kier molecular flexibility index (Phi) is 6.08. The molecule has 1 aromatic heterocycles. The summed E-state index contributed by atoms with van der Waals surface area (Å²) < 4.78 is 17.3. The lowest BCUT2D eigenvalue weighted by atomic mass is 10.1. The van der Waals surface area contributed by atoms with Crippen molar-refractivity contribution >= 4 is 5.91 Å². The Morgan fingerprint density at radius 2 is 2.00 bits per heavy atom. The van der Waals surface area contributed by atoms with E-state index < -0.39 is 0 Å². The van der Waals surface area contributed by atoms with Crippen molar-refractivity contribution in [1.82, 2.24) is 14.7 Å². The van der Waals surface area contributed by atoms with Crippen LogP contribution in [0.3, 0.4) is 0 Å². The number of carbonyl (C=O) groups is 1. The van der Waals surface area contributed by atoms with E-state index in [0.29, 0.717) is 51.0 Å². The quantitative estimate of drug-likeness (QED) is 0.728. The Bertz CT molecular complexity index is 865. The first kappa shape index (κ1) is 18.9. The number of methoxy groups -OCH3 is 1. The van der Waals surface area contributed by atoms with Crippen LogP contribution < -0.4 is 15.0 Å². The number of carbonyl (C=O) groups excluding carboxylic acids is 1. The van der Waals surface area contributed by atoms with Gasteiger partial charge in [0.2, 0.25) is 0 Å². The van der Waals surface area contributed by atoms with Crippen LogP contribution >= 0.6 is 0 Å². The van der Waals surface area contributed by atoms with Crippen molar-refractivity contribution < 1.29 is 19.0 Å². The molecular formula is C19H23N3O5. The molecule has 8 heteroatoms. The summed E-state index contributed by atoms with van der Waals surface area (Å²) in [6.45, 7) is 4.51. The molecule has 0 atom stereocenters. The first-order chi connectivity index (χ1) is 13.1. The first-order valence-electron chi connectivity index (χ1n) is 8.87. The van der Waals surface area contributed by atoms with Gasteiger partial charge < -0.3 is 19.1 Å². The number of benzene rings is 1. The van der Waals surface area contributed by atoms with E-state index in [2.05, 4.69) is 5.10 Å². The summed E-state index contributed by atoms with van der Waals surface area (Å²) >= 11 is 0. The third-order valence-corrected chi connectivity index (χ3v) is 4.24. The maximum Gasteiger partial charge on any atom is 0.274 e. The topological polar surface area (TPSA) is 82.9 Å². The molecule has 0 bridgehead atoms. The zero-order valence-electron chi connectivity index (χ0n) is 15.5. The Balaban J connectivity index is 1.77. The molecule has 1 amide bonds. The SMILES string of the molecule is CCN(Cc1ccc2c(c1)OCCO2)C(=O)c1ccc(=O)n(CCOC)n1. The van der Waals surface area contributed by atoms with Gasteiger partial charge in [-0.15, -0.1) is 0 Å². The number of amides is 1. The fraction of sp³-hybridized carbons (Fsp3) is 0.421.